The number of aromatic nitrogens is 2. The molecule has 0 amide bonds. The number of aryl methyl sites for hydroxylation is 1. The fourth-order valence-corrected chi connectivity index (χ4v) is 2.31. The number of nitrogens with zero attached hydrogens (tertiary/aromatic N) is 2. The van der Waals surface area contributed by atoms with E-state index >= 15 is 0 Å². The van der Waals surface area contributed by atoms with Crippen molar-refractivity contribution in [3.8, 4) is 11.4 Å². The van der Waals surface area contributed by atoms with Crippen LogP contribution in [0.4, 0.5) is 0 Å². The summed E-state index contributed by atoms with van der Waals surface area (Å²) in [6.07, 6.45) is 4.26. The van der Waals surface area contributed by atoms with Gasteiger partial charge in [0, 0.05) is 12.2 Å². The molecule has 0 bridgehead atoms. The first-order chi connectivity index (χ1) is 9.36. The molecule has 100 valence electrons. The lowest BCUT2D eigenvalue weighted by Crippen LogP contribution is -2.11. The number of benzene rings is 1. The second kappa shape index (κ2) is 5.53. The molecule has 1 aliphatic heterocycles. The highest BCUT2D eigenvalue weighted by molar-refractivity contribution is 5.54. The van der Waals surface area contributed by atoms with Gasteiger partial charge in [-0.25, -0.2) is 0 Å². The summed E-state index contributed by atoms with van der Waals surface area (Å²) in [6, 6.07) is 8.27. The standard InChI is InChI=1S/C15H18N2O2/c1-2-11-6-8-12(9-7-11)14-16-15(19-17-14)13-5-3-4-10-18-13/h6-9,13H,2-5,10H2,1H3. The van der Waals surface area contributed by atoms with E-state index in [1.807, 2.05) is 12.1 Å². The molecule has 0 radical (unpaired) electrons. The highest BCUT2D eigenvalue weighted by Crippen LogP contribution is 2.28. The Hall–Kier alpha value is -1.68. The lowest BCUT2D eigenvalue weighted by molar-refractivity contribution is -0.00459. The lowest BCUT2D eigenvalue weighted by Gasteiger charge is -2.18. The maximum Gasteiger partial charge on any atom is 0.256 e. The van der Waals surface area contributed by atoms with Gasteiger partial charge in [-0.15, -0.1) is 0 Å². The van der Waals surface area contributed by atoms with Gasteiger partial charge in [-0.05, 0) is 31.2 Å². The van der Waals surface area contributed by atoms with Gasteiger partial charge in [0.1, 0.15) is 6.10 Å². The molecule has 2 heterocycles. The third-order valence-electron chi connectivity index (χ3n) is 3.52. The molecule has 0 saturated carbocycles. The Morgan fingerprint density at radius 2 is 2.05 bits per heavy atom. The van der Waals surface area contributed by atoms with Crippen molar-refractivity contribution in [1.82, 2.24) is 10.1 Å². The van der Waals surface area contributed by atoms with Gasteiger partial charge in [0.15, 0.2) is 0 Å². The number of ether oxygens (including phenoxy) is 1. The second-order valence-corrected chi connectivity index (χ2v) is 4.86. The predicted molar refractivity (Wildman–Crippen MR) is 71.7 cm³/mol. The summed E-state index contributed by atoms with van der Waals surface area (Å²) >= 11 is 0. The fourth-order valence-electron chi connectivity index (χ4n) is 2.31. The molecule has 19 heavy (non-hydrogen) atoms. The molecule has 4 heteroatoms. The molecule has 1 aromatic carbocycles. The molecule has 2 aromatic rings. The van der Waals surface area contributed by atoms with E-state index in [2.05, 4.69) is 29.2 Å². The molecule has 1 unspecified atom stereocenters. The van der Waals surface area contributed by atoms with Gasteiger partial charge in [-0.1, -0.05) is 36.3 Å². The molecule has 0 aliphatic carbocycles. The van der Waals surface area contributed by atoms with Crippen molar-refractivity contribution in [2.45, 2.75) is 38.7 Å². The Morgan fingerprint density at radius 3 is 2.74 bits per heavy atom. The minimum absolute atomic E-state index is 0.0232. The first kappa shape index (κ1) is 12.4. The third kappa shape index (κ3) is 2.68. The maximum atomic E-state index is 5.65. The summed E-state index contributed by atoms with van der Waals surface area (Å²) in [5.74, 6) is 1.25. The van der Waals surface area contributed by atoms with E-state index in [4.69, 9.17) is 9.26 Å². The fraction of sp³-hybridized carbons (Fsp3) is 0.467. The number of rotatable bonds is 3. The zero-order valence-electron chi connectivity index (χ0n) is 11.1. The normalized spacial score (nSPS) is 19.5. The summed E-state index contributed by atoms with van der Waals surface area (Å²) in [5.41, 5.74) is 2.30. The number of hydrogen-bond donors (Lipinski definition) is 0. The third-order valence-corrected chi connectivity index (χ3v) is 3.52. The van der Waals surface area contributed by atoms with Crippen molar-refractivity contribution in [3.63, 3.8) is 0 Å². The molecule has 1 aliphatic rings. The van der Waals surface area contributed by atoms with Crippen LogP contribution in [-0.2, 0) is 11.2 Å². The average Bonchev–Trinajstić information content (AvgIpc) is 2.98. The van der Waals surface area contributed by atoms with E-state index in [0.717, 1.165) is 37.9 Å². The molecule has 4 nitrogen and oxygen atoms in total. The van der Waals surface area contributed by atoms with Crippen LogP contribution in [0, 0.1) is 0 Å². The van der Waals surface area contributed by atoms with E-state index in [9.17, 15) is 0 Å². The molecule has 1 saturated heterocycles. The summed E-state index contributed by atoms with van der Waals surface area (Å²) in [5, 5.41) is 4.05. The summed E-state index contributed by atoms with van der Waals surface area (Å²) in [6.45, 7) is 2.93. The van der Waals surface area contributed by atoms with E-state index in [1.165, 1.54) is 5.56 Å². The minimum atomic E-state index is -0.0232. The topological polar surface area (TPSA) is 48.2 Å². The van der Waals surface area contributed by atoms with Crippen LogP contribution < -0.4 is 0 Å². The van der Waals surface area contributed by atoms with Crippen molar-refractivity contribution in [3.05, 3.63) is 35.7 Å². The van der Waals surface area contributed by atoms with Gasteiger partial charge >= 0.3 is 0 Å². The summed E-state index contributed by atoms with van der Waals surface area (Å²) in [7, 11) is 0. The molecule has 0 N–H and O–H groups in total. The molecule has 1 aromatic heterocycles. The Labute approximate surface area is 112 Å². The van der Waals surface area contributed by atoms with Crippen LogP contribution in [0.15, 0.2) is 28.8 Å². The zero-order chi connectivity index (χ0) is 13.1. The largest absolute Gasteiger partial charge is 0.368 e. The van der Waals surface area contributed by atoms with Crippen LogP contribution in [-0.4, -0.2) is 16.7 Å². The Kier molecular flexibility index (Phi) is 3.60. The molecule has 3 rings (SSSR count). The van der Waals surface area contributed by atoms with E-state index in [0.29, 0.717) is 11.7 Å². The van der Waals surface area contributed by atoms with Crippen molar-refractivity contribution >= 4 is 0 Å². The average molecular weight is 258 g/mol. The minimum Gasteiger partial charge on any atom is -0.368 e. The SMILES string of the molecule is CCc1ccc(-c2noc(C3CCCCO3)n2)cc1. The van der Waals surface area contributed by atoms with Crippen molar-refractivity contribution in [2.75, 3.05) is 6.61 Å². The van der Waals surface area contributed by atoms with Crippen molar-refractivity contribution in [2.24, 2.45) is 0 Å². The van der Waals surface area contributed by atoms with Gasteiger partial charge in [0.2, 0.25) is 5.82 Å². The smallest absolute Gasteiger partial charge is 0.256 e. The molecule has 1 atom stereocenters. The van der Waals surface area contributed by atoms with Crippen LogP contribution >= 0.6 is 0 Å². The molecular formula is C15H18N2O2. The quantitative estimate of drug-likeness (QED) is 0.844. The maximum absolute atomic E-state index is 5.65. The van der Waals surface area contributed by atoms with Crippen molar-refractivity contribution in [1.29, 1.82) is 0 Å². The van der Waals surface area contributed by atoms with Gasteiger partial charge in [0.05, 0.1) is 0 Å². The Bertz CT molecular complexity index is 527. The van der Waals surface area contributed by atoms with Crippen LogP contribution in [0.5, 0.6) is 0 Å². The van der Waals surface area contributed by atoms with E-state index in [1.54, 1.807) is 0 Å². The van der Waals surface area contributed by atoms with Gasteiger partial charge in [-0.3, -0.25) is 0 Å². The predicted octanol–water partition coefficient (Wildman–Crippen LogP) is 3.54. The van der Waals surface area contributed by atoms with E-state index < -0.39 is 0 Å². The number of hydrogen-bond acceptors (Lipinski definition) is 4. The highest BCUT2D eigenvalue weighted by atomic mass is 16.5. The van der Waals surface area contributed by atoms with Crippen LogP contribution in [0.25, 0.3) is 11.4 Å². The van der Waals surface area contributed by atoms with Gasteiger partial charge < -0.3 is 9.26 Å². The van der Waals surface area contributed by atoms with Crippen LogP contribution in [0.3, 0.4) is 0 Å². The van der Waals surface area contributed by atoms with E-state index in [-0.39, 0.29) is 6.10 Å². The molecular weight excluding hydrogens is 240 g/mol. The second-order valence-electron chi connectivity index (χ2n) is 4.86. The van der Waals surface area contributed by atoms with Gasteiger partial charge in [-0.2, -0.15) is 4.98 Å². The highest BCUT2D eigenvalue weighted by Gasteiger charge is 2.22. The molecule has 0 spiro atoms. The lowest BCUT2D eigenvalue weighted by atomic mass is 10.1. The Morgan fingerprint density at radius 1 is 1.21 bits per heavy atom. The van der Waals surface area contributed by atoms with Gasteiger partial charge in [0.25, 0.3) is 5.89 Å². The molecule has 1 fully saturated rings. The first-order valence-electron chi connectivity index (χ1n) is 6.91. The summed E-state index contributed by atoms with van der Waals surface area (Å²) < 4.78 is 11.0. The zero-order valence-corrected chi connectivity index (χ0v) is 11.1. The van der Waals surface area contributed by atoms with Crippen LogP contribution in [0.1, 0.15) is 43.7 Å². The first-order valence-corrected chi connectivity index (χ1v) is 6.91. The van der Waals surface area contributed by atoms with Crippen LogP contribution in [0.2, 0.25) is 0 Å². The summed E-state index contributed by atoms with van der Waals surface area (Å²) in [4.78, 5) is 4.46. The Balaban J connectivity index is 1.79. The van der Waals surface area contributed by atoms with Crippen molar-refractivity contribution < 1.29 is 9.26 Å². The monoisotopic (exact) mass is 258 g/mol.